The molecule has 0 radical (unpaired) electrons. The number of fused-ring (bicyclic) bond motifs is 3. The van der Waals surface area contributed by atoms with Crippen molar-refractivity contribution in [2.24, 2.45) is 0 Å². The molecule has 0 aromatic heterocycles. The van der Waals surface area contributed by atoms with Crippen molar-refractivity contribution in [2.75, 3.05) is 11.1 Å². The molecule has 0 bridgehead atoms. The molecule has 4 N–H and O–H groups in total. The number of nitrogens with one attached hydrogen (secondary N) is 1. The molecule has 400 valence electrons. The molecule has 11 nitrogen and oxygen atoms in total. The Morgan fingerprint density at radius 1 is 0.481 bits per heavy atom. The van der Waals surface area contributed by atoms with E-state index in [2.05, 4.69) is 51.8 Å². The zero-order chi connectivity index (χ0) is 56.6. The maximum absolute atomic E-state index is 12.7. The molecule has 10 rings (SSSR count). The summed E-state index contributed by atoms with van der Waals surface area (Å²) in [5, 5.41) is 17.8. The third-order valence-corrected chi connectivity index (χ3v) is 14.1. The van der Waals surface area contributed by atoms with Gasteiger partial charge in [-0.05, 0) is 192 Å². The molecule has 2 saturated heterocycles. The van der Waals surface area contributed by atoms with Gasteiger partial charge in [-0.3, -0.25) is 9.59 Å². The summed E-state index contributed by atoms with van der Waals surface area (Å²) in [6.07, 6.45) is 0. The van der Waals surface area contributed by atoms with Crippen molar-refractivity contribution >= 4 is 128 Å². The summed E-state index contributed by atoms with van der Waals surface area (Å²) in [6.45, 7) is 22.4. The van der Waals surface area contributed by atoms with Crippen LogP contribution in [0.1, 0.15) is 103 Å². The second-order valence-electron chi connectivity index (χ2n) is 20.9. The predicted octanol–water partition coefficient (Wildman–Crippen LogP) is 13.7. The van der Waals surface area contributed by atoms with Crippen LogP contribution in [0.2, 0.25) is 0 Å². The number of hydrogen-bond donors (Lipinski definition) is 3. The van der Waals surface area contributed by atoms with Crippen molar-refractivity contribution < 1.29 is 42.3 Å². The summed E-state index contributed by atoms with van der Waals surface area (Å²) in [4.78, 5) is 34.3. The largest absolute Gasteiger partial charge is 0.494 e. The van der Waals surface area contributed by atoms with E-state index in [1.54, 1.807) is 18.2 Å². The SMILES string of the molecule is CC1(C)OB(c2ccc(N)cc2)OC1(C)C.Cc1ccc2cc(C(=O)Cl)ccc2c1.Cc1ccc2cc(C(=O)Nc3ccc(B4OC(C)(C)C(C)(C)O4)cc3)ccc2c1.Cc1ccc2cc(C(=O)O)ccc2c1.O=S(Cl)Cl. The number of halogens is 3. The van der Waals surface area contributed by atoms with Gasteiger partial charge >= 0.3 is 20.2 Å². The molecule has 77 heavy (non-hydrogen) atoms. The second kappa shape index (κ2) is 25.2. The van der Waals surface area contributed by atoms with Crippen LogP contribution in [0.4, 0.5) is 11.4 Å². The third-order valence-electron chi connectivity index (χ3n) is 13.9. The number of hydrogen-bond acceptors (Lipinski definition) is 9. The van der Waals surface area contributed by atoms with Crippen molar-refractivity contribution in [3.63, 3.8) is 0 Å². The van der Waals surface area contributed by atoms with Crippen molar-refractivity contribution in [3.05, 3.63) is 191 Å². The van der Waals surface area contributed by atoms with Gasteiger partial charge in [-0.2, -0.15) is 0 Å². The molecule has 0 saturated carbocycles. The molecule has 8 aromatic carbocycles. The van der Waals surface area contributed by atoms with E-state index in [1.807, 2.05) is 191 Å². The molecule has 8 aromatic rings. The number of amides is 1. The van der Waals surface area contributed by atoms with E-state index in [0.717, 1.165) is 54.6 Å². The monoisotopic (exact) mass is 1110 g/mol. The minimum Gasteiger partial charge on any atom is -0.478 e. The lowest BCUT2D eigenvalue weighted by Crippen LogP contribution is -2.41. The summed E-state index contributed by atoms with van der Waals surface area (Å²) in [5.41, 5.74) is 12.9. The number of benzene rings is 8. The van der Waals surface area contributed by atoms with Crippen LogP contribution < -0.4 is 22.0 Å². The first-order chi connectivity index (χ1) is 36.0. The van der Waals surface area contributed by atoms with Crippen molar-refractivity contribution in [1.82, 2.24) is 0 Å². The van der Waals surface area contributed by atoms with Crippen LogP contribution in [0, 0.1) is 20.8 Å². The average molecular weight is 1120 g/mol. The summed E-state index contributed by atoms with van der Waals surface area (Å²) in [6, 6.07) is 49.9. The average Bonchev–Trinajstić information content (AvgIpc) is 3.73. The van der Waals surface area contributed by atoms with Crippen LogP contribution in [0.3, 0.4) is 0 Å². The first kappa shape index (κ1) is 60.2. The van der Waals surface area contributed by atoms with Gasteiger partial charge in [-0.15, -0.1) is 0 Å². The normalized spacial score (nSPS) is 15.5. The van der Waals surface area contributed by atoms with Crippen LogP contribution in [0.5, 0.6) is 0 Å². The van der Waals surface area contributed by atoms with Gasteiger partial charge in [-0.1, -0.05) is 114 Å². The molecular weight excluding hydrogens is 1050 g/mol. The van der Waals surface area contributed by atoms with E-state index in [9.17, 15) is 14.4 Å². The van der Waals surface area contributed by atoms with Crippen molar-refractivity contribution in [2.45, 2.75) is 98.6 Å². The quantitative estimate of drug-likeness (QED) is 0.0829. The van der Waals surface area contributed by atoms with E-state index >= 15 is 0 Å². The lowest BCUT2D eigenvalue weighted by molar-refractivity contribution is 0.00578. The number of aryl methyl sites for hydroxylation is 3. The standard InChI is InChI=1S/C24H26BNO3.C12H18BNO2.C12H9ClO.C12H10O2.Cl2OS/c1-16-6-7-18-15-19(9-8-17(18)14-16)22(27)26-21-12-10-20(11-13-21)25-28-23(2,3)24(4,5)29-25;1-11(2)12(3,4)16-13(15-11)9-5-7-10(14)8-6-9;2*1-8-2-3-10-7-11(12(13)14)5-4-9(10)6-8;1-4(2)3/h6-15H,1-5H3,(H,26,27);5-8H,14H2,1-4H3;2-7H,1H3;2-7H,1H3,(H,13,14);. The van der Waals surface area contributed by atoms with Gasteiger partial charge in [0.2, 0.25) is 9.23 Å². The van der Waals surface area contributed by atoms with E-state index < -0.39 is 27.6 Å². The Kier molecular flexibility index (Phi) is 19.7. The number of anilines is 2. The minimum absolute atomic E-state index is 0.129. The Bertz CT molecular complexity index is 3320. The van der Waals surface area contributed by atoms with Gasteiger partial charge in [0.1, 0.15) is 0 Å². The topological polar surface area (TPSA) is 163 Å². The van der Waals surface area contributed by atoms with E-state index in [4.69, 9.17) is 45.3 Å². The molecule has 0 spiro atoms. The first-order valence-electron chi connectivity index (χ1n) is 24.7. The number of nitrogen functional groups attached to an aromatic ring is 1. The maximum Gasteiger partial charge on any atom is 0.494 e. The zero-order valence-electron chi connectivity index (χ0n) is 45.0. The third kappa shape index (κ3) is 16.0. The Balaban J connectivity index is 0.000000171. The fraction of sp³-hybridized carbons (Fsp3) is 0.250. The fourth-order valence-corrected chi connectivity index (χ4v) is 8.15. The first-order valence-corrected chi connectivity index (χ1v) is 27.9. The highest BCUT2D eigenvalue weighted by atomic mass is 36.0. The lowest BCUT2D eigenvalue weighted by atomic mass is 9.79. The maximum atomic E-state index is 12.7. The predicted molar refractivity (Wildman–Crippen MR) is 320 cm³/mol. The van der Waals surface area contributed by atoms with Crippen LogP contribution in [0.25, 0.3) is 32.3 Å². The van der Waals surface area contributed by atoms with Crippen LogP contribution >= 0.6 is 33.0 Å². The molecule has 0 unspecified atom stereocenters. The summed E-state index contributed by atoms with van der Waals surface area (Å²) < 4.78 is 33.1. The van der Waals surface area contributed by atoms with Crippen LogP contribution in [-0.2, 0) is 27.8 Å². The fourth-order valence-electron chi connectivity index (χ4n) is 8.03. The van der Waals surface area contributed by atoms with Gasteiger partial charge in [0, 0.05) is 43.9 Å². The second-order valence-corrected chi connectivity index (χ2v) is 23.7. The van der Waals surface area contributed by atoms with Crippen molar-refractivity contribution in [1.29, 1.82) is 0 Å². The molecule has 2 aliphatic rings. The lowest BCUT2D eigenvalue weighted by Gasteiger charge is -2.32. The number of carbonyl (C=O) groups excluding carboxylic acids is 2. The molecule has 2 fully saturated rings. The van der Waals surface area contributed by atoms with Gasteiger partial charge in [-0.25, -0.2) is 9.00 Å². The zero-order valence-corrected chi connectivity index (χ0v) is 48.1. The van der Waals surface area contributed by atoms with E-state index in [-0.39, 0.29) is 35.4 Å². The molecule has 2 heterocycles. The van der Waals surface area contributed by atoms with E-state index in [1.165, 1.54) is 16.7 Å². The number of carbonyl (C=O) groups is 3. The highest BCUT2D eigenvalue weighted by Crippen LogP contribution is 2.37. The highest BCUT2D eigenvalue weighted by molar-refractivity contribution is 8.26. The number of carboxylic acid groups (broad SMARTS) is 1. The Morgan fingerprint density at radius 2 is 0.779 bits per heavy atom. The number of rotatable bonds is 6. The molecule has 0 aliphatic carbocycles. The highest BCUT2D eigenvalue weighted by Gasteiger charge is 2.52. The summed E-state index contributed by atoms with van der Waals surface area (Å²) in [5.74, 6) is -1.01. The number of aromatic carboxylic acids is 1. The molecular formula is C60H63B2Cl3N2O9S. The van der Waals surface area contributed by atoms with Gasteiger partial charge in [0.05, 0.1) is 28.0 Å². The summed E-state index contributed by atoms with van der Waals surface area (Å²) in [7, 11) is 6.65. The van der Waals surface area contributed by atoms with Crippen LogP contribution in [-0.4, -0.2) is 63.1 Å². The Morgan fingerprint density at radius 3 is 1.14 bits per heavy atom. The van der Waals surface area contributed by atoms with Gasteiger partial charge < -0.3 is 34.8 Å². The van der Waals surface area contributed by atoms with Crippen molar-refractivity contribution in [3.8, 4) is 0 Å². The molecule has 17 heteroatoms. The smallest absolute Gasteiger partial charge is 0.478 e. The van der Waals surface area contributed by atoms with Gasteiger partial charge in [0.15, 0.2) is 0 Å². The van der Waals surface area contributed by atoms with Crippen LogP contribution in [0.15, 0.2) is 158 Å². The minimum atomic E-state index is -1.67. The molecule has 0 atom stereocenters. The Labute approximate surface area is 468 Å². The Hall–Kier alpha value is -6.06. The molecule has 2 aliphatic heterocycles. The van der Waals surface area contributed by atoms with E-state index in [0.29, 0.717) is 16.7 Å². The summed E-state index contributed by atoms with van der Waals surface area (Å²) >= 11 is 5.40. The number of carboxylic acids is 1. The molecule has 1 amide bonds. The van der Waals surface area contributed by atoms with Gasteiger partial charge in [0.25, 0.3) is 11.1 Å². The number of nitrogens with two attached hydrogens (primary N) is 1.